The molecule has 3 heterocycles. The van der Waals surface area contributed by atoms with Crippen LogP contribution in [0.25, 0.3) is 22.0 Å². The van der Waals surface area contributed by atoms with E-state index < -0.39 is 11.6 Å². The van der Waals surface area contributed by atoms with Crippen molar-refractivity contribution < 1.29 is 24.5 Å². The molecule has 200 valence electrons. The third kappa shape index (κ3) is 4.53. The Balaban J connectivity index is 0.00000353. The molecule has 0 aliphatic carbocycles. The van der Waals surface area contributed by atoms with Gasteiger partial charge in [0.2, 0.25) is 0 Å². The molecule has 1 N–H and O–H groups in total. The van der Waals surface area contributed by atoms with Crippen LogP contribution in [0.1, 0.15) is 37.2 Å². The highest BCUT2D eigenvalue weighted by atomic mass is 19.1. The Kier molecular flexibility index (Phi) is 6.93. The fourth-order valence-electron chi connectivity index (χ4n) is 5.00. The van der Waals surface area contributed by atoms with Crippen LogP contribution in [0.3, 0.4) is 0 Å². The molecule has 0 unspecified atom stereocenters. The number of fused-ring (bicyclic) bond motifs is 1. The molecule has 7 nitrogen and oxygen atoms in total. The lowest BCUT2D eigenvalue weighted by atomic mass is 9.93. The Morgan fingerprint density at radius 3 is 2.42 bits per heavy atom. The number of piperazine rings is 1. The van der Waals surface area contributed by atoms with Crippen LogP contribution in [-0.2, 0) is 0 Å². The summed E-state index contributed by atoms with van der Waals surface area (Å²) in [7, 11) is 3.07. The standard InChI is InChI=1S/C29H30F2N4O3.H2/c1-17(2)20-15-21(19-8-7-18(30)14-25(19)38-4)22-16-23(33-27(22)26(20)31)29(36)35-12-10-34(11-13-35)28-24(37-3)6-5-9-32-28;/h5-9,14-17,33H,10-13H2,1-4H3;1H. The van der Waals surface area contributed by atoms with E-state index in [4.69, 9.17) is 9.47 Å². The molecule has 1 aliphatic rings. The second-order valence-electron chi connectivity index (χ2n) is 9.61. The number of anilines is 1. The Morgan fingerprint density at radius 2 is 1.74 bits per heavy atom. The van der Waals surface area contributed by atoms with Crippen LogP contribution in [0.2, 0.25) is 0 Å². The van der Waals surface area contributed by atoms with Crippen LogP contribution in [-0.4, -0.2) is 61.2 Å². The van der Waals surface area contributed by atoms with E-state index in [0.717, 1.165) is 5.82 Å². The topological polar surface area (TPSA) is 70.7 Å². The summed E-state index contributed by atoms with van der Waals surface area (Å²) < 4.78 is 40.4. The average Bonchev–Trinajstić information content (AvgIpc) is 3.39. The molecule has 0 radical (unpaired) electrons. The number of hydrogen-bond donors (Lipinski definition) is 1. The molecule has 0 spiro atoms. The molecule has 1 amide bonds. The summed E-state index contributed by atoms with van der Waals surface area (Å²) in [5, 5.41) is 0.539. The van der Waals surface area contributed by atoms with Crippen LogP contribution in [0.15, 0.2) is 48.7 Å². The first-order valence-electron chi connectivity index (χ1n) is 12.5. The lowest BCUT2D eigenvalue weighted by Gasteiger charge is -2.35. The highest BCUT2D eigenvalue weighted by molar-refractivity contribution is 6.04. The van der Waals surface area contributed by atoms with Gasteiger partial charge in [-0.2, -0.15) is 0 Å². The Hall–Kier alpha value is -4.14. The summed E-state index contributed by atoms with van der Waals surface area (Å²) in [6.07, 6.45) is 1.72. The fourth-order valence-corrected chi connectivity index (χ4v) is 5.00. The van der Waals surface area contributed by atoms with Gasteiger partial charge in [0.05, 0.1) is 19.7 Å². The summed E-state index contributed by atoms with van der Waals surface area (Å²) in [6, 6.07) is 11.4. The molecule has 0 atom stereocenters. The predicted octanol–water partition coefficient (Wildman–Crippen LogP) is 5.86. The Morgan fingerprint density at radius 1 is 1.00 bits per heavy atom. The van der Waals surface area contributed by atoms with Crippen LogP contribution >= 0.6 is 0 Å². The minimum absolute atomic E-state index is 0. The van der Waals surface area contributed by atoms with E-state index in [1.807, 2.05) is 26.0 Å². The van der Waals surface area contributed by atoms with Gasteiger partial charge in [-0.25, -0.2) is 13.8 Å². The molecule has 5 rings (SSSR count). The number of H-pyrrole nitrogens is 1. The predicted molar refractivity (Wildman–Crippen MR) is 145 cm³/mol. The number of nitrogens with zero attached hydrogens (tertiary/aromatic N) is 3. The third-order valence-corrected chi connectivity index (χ3v) is 7.02. The van der Waals surface area contributed by atoms with Crippen molar-refractivity contribution in [3.05, 3.63) is 71.6 Å². The van der Waals surface area contributed by atoms with Gasteiger partial charge in [-0.1, -0.05) is 13.8 Å². The number of benzene rings is 2. The van der Waals surface area contributed by atoms with Crippen LogP contribution in [0, 0.1) is 11.6 Å². The number of nitrogens with one attached hydrogen (secondary N) is 1. The van der Waals surface area contributed by atoms with Crippen molar-refractivity contribution in [3.8, 4) is 22.6 Å². The monoisotopic (exact) mass is 522 g/mol. The van der Waals surface area contributed by atoms with E-state index in [1.54, 1.807) is 36.4 Å². The number of ether oxygens (including phenoxy) is 2. The van der Waals surface area contributed by atoms with Crippen LogP contribution in [0.4, 0.5) is 14.6 Å². The smallest absolute Gasteiger partial charge is 0.270 e. The van der Waals surface area contributed by atoms with Gasteiger partial charge >= 0.3 is 0 Å². The first-order chi connectivity index (χ1) is 18.3. The maximum Gasteiger partial charge on any atom is 0.270 e. The van der Waals surface area contributed by atoms with Crippen molar-refractivity contribution in [2.45, 2.75) is 19.8 Å². The van der Waals surface area contributed by atoms with E-state index in [9.17, 15) is 9.18 Å². The van der Waals surface area contributed by atoms with Gasteiger partial charge in [0.25, 0.3) is 5.91 Å². The maximum absolute atomic E-state index is 15.6. The number of halogens is 2. The second kappa shape index (κ2) is 10.3. The molecule has 9 heteroatoms. The second-order valence-corrected chi connectivity index (χ2v) is 9.61. The Labute approximate surface area is 221 Å². The summed E-state index contributed by atoms with van der Waals surface area (Å²) in [5.74, 6) is 0.617. The molecular formula is C29H32F2N4O3. The molecule has 2 aromatic carbocycles. The largest absolute Gasteiger partial charge is 0.496 e. The maximum atomic E-state index is 15.6. The lowest BCUT2D eigenvalue weighted by Crippen LogP contribution is -2.49. The summed E-state index contributed by atoms with van der Waals surface area (Å²) in [4.78, 5) is 24.8. The summed E-state index contributed by atoms with van der Waals surface area (Å²) >= 11 is 0. The number of hydrogen-bond acceptors (Lipinski definition) is 5. The van der Waals surface area contributed by atoms with E-state index in [1.165, 1.54) is 19.2 Å². The molecule has 1 fully saturated rings. The lowest BCUT2D eigenvalue weighted by molar-refractivity contribution is 0.0741. The minimum Gasteiger partial charge on any atom is -0.496 e. The number of carbonyl (C=O) groups excluding carboxylic acids is 1. The molecule has 38 heavy (non-hydrogen) atoms. The van der Waals surface area contributed by atoms with Crippen molar-refractivity contribution >= 4 is 22.6 Å². The molecule has 0 saturated carbocycles. The quantitative estimate of drug-likeness (QED) is 0.344. The molecule has 0 bridgehead atoms. The van der Waals surface area contributed by atoms with Crippen molar-refractivity contribution in [3.63, 3.8) is 0 Å². The average molecular weight is 523 g/mol. The first-order valence-corrected chi connectivity index (χ1v) is 12.5. The number of carbonyl (C=O) groups is 1. The van der Waals surface area contributed by atoms with Crippen LogP contribution < -0.4 is 14.4 Å². The zero-order chi connectivity index (χ0) is 27.0. The number of aromatic nitrogens is 2. The van der Waals surface area contributed by atoms with Crippen molar-refractivity contribution in [2.24, 2.45) is 0 Å². The molecular weight excluding hydrogens is 490 g/mol. The van der Waals surface area contributed by atoms with Gasteiger partial charge in [0.1, 0.15) is 17.3 Å². The molecule has 1 aliphatic heterocycles. The number of rotatable bonds is 6. The zero-order valence-corrected chi connectivity index (χ0v) is 21.8. The number of aromatic amines is 1. The SMILES string of the molecule is COc1cc(F)ccc1-c1cc(C(C)C)c(F)c2[nH]c(C(=O)N3CCN(c4ncccc4OC)CC3)cc12.[HH]. The zero-order valence-electron chi connectivity index (χ0n) is 21.8. The first kappa shape index (κ1) is 25.5. The summed E-state index contributed by atoms with van der Waals surface area (Å²) in [6.45, 7) is 5.94. The van der Waals surface area contributed by atoms with E-state index >= 15 is 4.39 Å². The van der Waals surface area contributed by atoms with Gasteiger partial charge in [-0.05, 0) is 53.4 Å². The summed E-state index contributed by atoms with van der Waals surface area (Å²) in [5.41, 5.74) is 2.34. The number of amides is 1. The van der Waals surface area contributed by atoms with Gasteiger partial charge in [-0.3, -0.25) is 4.79 Å². The van der Waals surface area contributed by atoms with Crippen LogP contribution in [0.5, 0.6) is 11.5 Å². The van der Waals surface area contributed by atoms with E-state index in [2.05, 4.69) is 14.9 Å². The normalized spacial score (nSPS) is 13.9. The van der Waals surface area contributed by atoms with E-state index in [-0.39, 0.29) is 18.8 Å². The highest BCUT2D eigenvalue weighted by Gasteiger charge is 2.27. The number of pyridine rings is 1. The van der Waals surface area contributed by atoms with Crippen molar-refractivity contribution in [2.75, 3.05) is 45.3 Å². The Bertz CT molecular complexity index is 1500. The van der Waals surface area contributed by atoms with Crippen molar-refractivity contribution in [1.82, 2.24) is 14.9 Å². The fraction of sp³-hybridized carbons (Fsp3) is 0.310. The van der Waals surface area contributed by atoms with Gasteiger partial charge in [-0.15, -0.1) is 0 Å². The minimum atomic E-state index is -0.430. The molecule has 2 aromatic heterocycles. The number of methoxy groups -OCH3 is 2. The van der Waals surface area contributed by atoms with E-state index in [0.29, 0.717) is 65.4 Å². The molecule has 1 saturated heterocycles. The van der Waals surface area contributed by atoms with Crippen molar-refractivity contribution in [1.29, 1.82) is 0 Å². The molecule has 4 aromatic rings. The van der Waals surface area contributed by atoms with Gasteiger partial charge < -0.3 is 24.3 Å². The van der Waals surface area contributed by atoms with Gasteiger partial charge in [0.15, 0.2) is 17.4 Å². The highest BCUT2D eigenvalue weighted by Crippen LogP contribution is 2.40. The third-order valence-electron chi connectivity index (χ3n) is 7.02. The van der Waals surface area contributed by atoms with Gasteiger partial charge in [0, 0.05) is 50.8 Å².